The molecule has 0 fully saturated rings. The molecule has 0 saturated heterocycles. The molecule has 0 radical (unpaired) electrons. The molecule has 3 aromatic rings. The van der Waals surface area contributed by atoms with E-state index in [0.29, 0.717) is 101 Å². The number of nitro benzene ring substituents is 1. The summed E-state index contributed by atoms with van der Waals surface area (Å²) in [6, 6.07) is 4.79. The first-order valence-corrected chi connectivity index (χ1v) is 18.0. The Bertz CT molecular complexity index is 1620. The highest BCUT2D eigenvalue weighted by Gasteiger charge is 2.31. The first-order chi connectivity index (χ1) is 23.7. The van der Waals surface area contributed by atoms with E-state index in [0.717, 1.165) is 12.8 Å². The van der Waals surface area contributed by atoms with Gasteiger partial charge in [0, 0.05) is 32.2 Å². The zero-order chi connectivity index (χ0) is 35.1. The lowest BCUT2D eigenvalue weighted by atomic mass is 10.1. The minimum absolute atomic E-state index is 0.135. The number of fused-ring (bicyclic) bond motifs is 1. The van der Waals surface area contributed by atoms with Crippen LogP contribution in [0.15, 0.2) is 35.5 Å². The Balaban J connectivity index is 1.25. The van der Waals surface area contributed by atoms with Crippen LogP contribution in [-0.2, 0) is 40.3 Å². The number of carbonyl (C=O) groups excluding carboxylic acids is 1. The fraction of sp³-hybridized carbons (Fsp3) is 0.613. The van der Waals surface area contributed by atoms with Crippen molar-refractivity contribution in [3.8, 4) is 0 Å². The van der Waals surface area contributed by atoms with E-state index in [2.05, 4.69) is 15.3 Å². The Hall–Kier alpha value is -3.81. The maximum absolute atomic E-state index is 13.6. The smallest absolute Gasteiger partial charge is 0.308 e. The molecular weight excluding hydrogens is 660 g/mol. The molecule has 1 aliphatic rings. The number of aryl methyl sites for hydroxylation is 1. The monoisotopic (exact) mass is 706 g/mol. The second kappa shape index (κ2) is 19.4. The van der Waals surface area contributed by atoms with Gasteiger partial charge in [0.2, 0.25) is 10.0 Å². The van der Waals surface area contributed by atoms with Crippen molar-refractivity contribution < 1.29 is 37.1 Å². The Morgan fingerprint density at radius 1 is 1.02 bits per heavy atom. The summed E-state index contributed by atoms with van der Waals surface area (Å²) < 4.78 is 51.9. The van der Waals surface area contributed by atoms with Crippen molar-refractivity contribution in [1.82, 2.24) is 23.8 Å². The summed E-state index contributed by atoms with van der Waals surface area (Å²) in [4.78, 5) is 36.0. The summed E-state index contributed by atoms with van der Waals surface area (Å²) in [5.41, 5.74) is 7.16. The minimum atomic E-state index is -4.14. The first kappa shape index (κ1) is 38.0. The summed E-state index contributed by atoms with van der Waals surface area (Å²) in [7, 11) is -4.14. The van der Waals surface area contributed by atoms with Crippen LogP contribution in [0, 0.1) is 10.1 Å². The number of carbonyl (C=O) groups is 1. The second-order valence-corrected chi connectivity index (χ2v) is 13.3. The summed E-state index contributed by atoms with van der Waals surface area (Å²) in [6.45, 7) is 5.85. The molecule has 2 aromatic heterocycles. The van der Waals surface area contributed by atoms with Gasteiger partial charge in [-0.1, -0.05) is 25.5 Å². The number of hydrogen-bond acceptors (Lipinski definition) is 14. The summed E-state index contributed by atoms with van der Waals surface area (Å²) in [6.07, 6.45) is 4.91. The van der Waals surface area contributed by atoms with Crippen molar-refractivity contribution in [2.24, 2.45) is 5.73 Å². The van der Waals surface area contributed by atoms with Crippen LogP contribution in [0.1, 0.15) is 57.3 Å². The number of nitro groups is 1. The van der Waals surface area contributed by atoms with Gasteiger partial charge in [0.05, 0.1) is 70.0 Å². The van der Waals surface area contributed by atoms with Crippen LogP contribution >= 0.6 is 0 Å². The topological polar surface area (TPSA) is 216 Å². The predicted molar refractivity (Wildman–Crippen MR) is 179 cm³/mol. The first-order valence-electron chi connectivity index (χ1n) is 16.6. The number of nitrogens with zero attached hydrogens (tertiary/aromatic N) is 6. The number of nitrogens with two attached hydrogens (primary N) is 1. The van der Waals surface area contributed by atoms with Crippen LogP contribution in [-0.4, -0.2) is 109 Å². The third-order valence-corrected chi connectivity index (χ3v) is 9.66. The number of benzene rings is 1. The average Bonchev–Trinajstić information content (AvgIpc) is 3.50. The number of anilines is 1. The molecule has 270 valence electrons. The molecule has 3 N–H and O–H groups in total. The van der Waals surface area contributed by atoms with Crippen molar-refractivity contribution in [2.45, 2.75) is 62.9 Å². The third-order valence-electron chi connectivity index (χ3n) is 7.72. The molecule has 17 nitrogen and oxygen atoms in total. The summed E-state index contributed by atoms with van der Waals surface area (Å²) >= 11 is 0. The van der Waals surface area contributed by atoms with E-state index in [1.54, 1.807) is 6.33 Å². The van der Waals surface area contributed by atoms with Gasteiger partial charge in [-0.05, 0) is 31.7 Å². The molecule has 0 unspecified atom stereocenters. The number of rotatable bonds is 19. The molecule has 0 amide bonds. The normalized spacial score (nSPS) is 15.9. The molecule has 1 aliphatic heterocycles. The molecule has 2 bridgehead atoms. The van der Waals surface area contributed by atoms with Gasteiger partial charge in [-0.3, -0.25) is 14.9 Å². The highest BCUT2D eigenvalue weighted by atomic mass is 32.2. The highest BCUT2D eigenvalue weighted by molar-refractivity contribution is 7.89. The molecule has 3 heterocycles. The van der Waals surface area contributed by atoms with Gasteiger partial charge < -0.3 is 34.6 Å². The number of unbranched alkanes of at least 4 members (excludes halogenated alkanes) is 1. The molecular formula is C31H46N8O9S. The number of sulfonamides is 1. The van der Waals surface area contributed by atoms with Gasteiger partial charge in [-0.25, -0.2) is 23.4 Å². The fourth-order valence-electron chi connectivity index (χ4n) is 5.11. The van der Waals surface area contributed by atoms with Gasteiger partial charge in [-0.2, -0.15) is 4.31 Å². The van der Waals surface area contributed by atoms with Crippen LogP contribution < -0.4 is 11.1 Å². The lowest BCUT2D eigenvalue weighted by Crippen LogP contribution is -2.34. The number of para-hydroxylation sites is 1. The Labute approximate surface area is 285 Å². The van der Waals surface area contributed by atoms with E-state index >= 15 is 0 Å². The maximum atomic E-state index is 13.6. The van der Waals surface area contributed by atoms with E-state index in [1.165, 1.54) is 28.6 Å². The number of imidazole rings is 1. The summed E-state index contributed by atoms with van der Waals surface area (Å²) in [5.74, 6) is 0.670. The molecule has 0 aliphatic carbocycles. The fourth-order valence-corrected chi connectivity index (χ4v) is 6.78. The molecule has 4 rings (SSSR count). The summed E-state index contributed by atoms with van der Waals surface area (Å²) in [5, 5.41) is 14.8. The van der Waals surface area contributed by atoms with E-state index in [4.69, 9.17) is 29.7 Å². The number of hydrogen-bond donors (Lipinski definition) is 2. The molecule has 18 heteroatoms. The van der Waals surface area contributed by atoms with E-state index in [-0.39, 0.29) is 30.4 Å². The maximum Gasteiger partial charge on any atom is 0.308 e. The quantitative estimate of drug-likeness (QED) is 0.0794. The lowest BCUT2D eigenvalue weighted by Gasteiger charge is -2.23. The van der Waals surface area contributed by atoms with Gasteiger partial charge in [0.15, 0.2) is 16.4 Å². The van der Waals surface area contributed by atoms with Crippen molar-refractivity contribution >= 4 is 38.7 Å². The van der Waals surface area contributed by atoms with Gasteiger partial charge in [-0.15, -0.1) is 0 Å². The van der Waals surface area contributed by atoms with Crippen LogP contribution in [0.4, 0.5) is 11.5 Å². The number of nitrogens with one attached hydrogen (secondary N) is 1. The van der Waals surface area contributed by atoms with Crippen molar-refractivity contribution in [1.29, 1.82) is 0 Å². The molecule has 1 aromatic carbocycles. The molecule has 1 atom stereocenters. The Morgan fingerprint density at radius 3 is 2.49 bits per heavy atom. The van der Waals surface area contributed by atoms with E-state index in [9.17, 15) is 23.3 Å². The van der Waals surface area contributed by atoms with Gasteiger partial charge in [0.25, 0.3) is 5.69 Å². The zero-order valence-corrected chi connectivity index (χ0v) is 28.6. The molecule has 49 heavy (non-hydrogen) atoms. The SMILES string of the molecule is CCCCOC(=O)CCOCCOCCOCCNc1nc2nc3c1ncn3CCCN(S(=O)(=O)c1ccccc1[N+](=O)[O-])CCC[C@H]2N. The molecule has 0 spiro atoms. The van der Waals surface area contributed by atoms with Crippen LogP contribution in [0.2, 0.25) is 0 Å². The average molecular weight is 707 g/mol. The Morgan fingerprint density at radius 2 is 1.73 bits per heavy atom. The van der Waals surface area contributed by atoms with E-state index in [1.807, 2.05) is 11.5 Å². The van der Waals surface area contributed by atoms with Crippen LogP contribution in [0.5, 0.6) is 0 Å². The standard InChI is InChI=1S/C31H46N8O9S/c1-2-3-16-48-27(40)11-17-45-19-21-47-22-20-46-18-12-33-30-28-31-36-29(35-30)24(32)8-6-14-38(15-7-13-37(31)23-34-28)49(43,44)26-10-5-4-9-25(26)39(41)42/h4-5,9-10,23-24H,2-3,6-8,11-22,32H2,1H3,(H,33,35,36)/t24-/m1/s1. The van der Waals surface area contributed by atoms with Crippen molar-refractivity contribution in [3.63, 3.8) is 0 Å². The Kier molecular flexibility index (Phi) is 15.0. The largest absolute Gasteiger partial charge is 0.466 e. The van der Waals surface area contributed by atoms with E-state index < -0.39 is 26.7 Å². The van der Waals surface area contributed by atoms with Crippen LogP contribution in [0.3, 0.4) is 0 Å². The van der Waals surface area contributed by atoms with Gasteiger partial charge in [0.1, 0.15) is 11.3 Å². The second-order valence-electron chi connectivity index (χ2n) is 11.4. The van der Waals surface area contributed by atoms with Gasteiger partial charge >= 0.3 is 5.97 Å². The molecule has 0 saturated carbocycles. The van der Waals surface area contributed by atoms with Crippen molar-refractivity contribution in [3.05, 3.63) is 46.5 Å². The third kappa shape index (κ3) is 11.1. The number of esters is 1. The predicted octanol–water partition coefficient (Wildman–Crippen LogP) is 2.80. The zero-order valence-electron chi connectivity index (χ0n) is 27.8. The lowest BCUT2D eigenvalue weighted by molar-refractivity contribution is -0.387. The van der Waals surface area contributed by atoms with Crippen molar-refractivity contribution in [2.75, 3.05) is 71.2 Å². The minimum Gasteiger partial charge on any atom is -0.466 e. The number of aromatic nitrogens is 4. The highest BCUT2D eigenvalue weighted by Crippen LogP contribution is 2.28. The van der Waals surface area contributed by atoms with Crippen LogP contribution in [0.25, 0.3) is 11.2 Å². The number of ether oxygens (including phenoxy) is 4.